The van der Waals surface area contributed by atoms with E-state index in [4.69, 9.17) is 0 Å². The number of anilines is 1. The van der Waals surface area contributed by atoms with Gasteiger partial charge in [0.05, 0.1) is 5.52 Å². The van der Waals surface area contributed by atoms with Crippen molar-refractivity contribution in [2.75, 3.05) is 5.32 Å². The minimum Gasteiger partial charge on any atom is -0.380 e. The van der Waals surface area contributed by atoms with Crippen molar-refractivity contribution in [3.63, 3.8) is 0 Å². The van der Waals surface area contributed by atoms with Gasteiger partial charge in [-0.15, -0.1) is 11.3 Å². The second-order valence-corrected chi connectivity index (χ2v) is 6.47. The van der Waals surface area contributed by atoms with Crippen molar-refractivity contribution in [1.82, 2.24) is 4.98 Å². The lowest BCUT2D eigenvalue weighted by atomic mass is 10.1. The van der Waals surface area contributed by atoms with Crippen LogP contribution in [0.25, 0.3) is 10.9 Å². The molecule has 20 heavy (non-hydrogen) atoms. The van der Waals surface area contributed by atoms with Crippen LogP contribution in [-0.4, -0.2) is 4.98 Å². The lowest BCUT2D eigenvalue weighted by molar-refractivity contribution is 1.17. The Morgan fingerprint density at radius 3 is 2.65 bits per heavy atom. The second-order valence-electron chi connectivity index (χ2n) is 5.13. The molecule has 0 amide bonds. The maximum absolute atomic E-state index is 4.57. The van der Waals surface area contributed by atoms with E-state index in [1.807, 2.05) is 24.3 Å². The number of fused-ring (bicyclic) bond motifs is 1. The van der Waals surface area contributed by atoms with Crippen molar-refractivity contribution < 1.29 is 0 Å². The van der Waals surface area contributed by atoms with E-state index < -0.39 is 0 Å². The first-order valence-corrected chi connectivity index (χ1v) is 7.61. The lowest BCUT2D eigenvalue weighted by Crippen LogP contribution is -1.99. The monoisotopic (exact) mass is 282 g/mol. The Kier molecular flexibility index (Phi) is 3.45. The highest BCUT2D eigenvalue weighted by Gasteiger charge is 2.05. The third-order valence-electron chi connectivity index (χ3n) is 3.51. The quantitative estimate of drug-likeness (QED) is 0.744. The molecule has 0 aliphatic rings. The zero-order valence-electron chi connectivity index (χ0n) is 12.0. The van der Waals surface area contributed by atoms with Crippen molar-refractivity contribution in [1.29, 1.82) is 0 Å². The minimum absolute atomic E-state index is 0.868. The third-order valence-corrected chi connectivity index (χ3v) is 4.67. The van der Waals surface area contributed by atoms with Gasteiger partial charge in [0, 0.05) is 33.1 Å². The number of rotatable bonds is 3. The summed E-state index contributed by atoms with van der Waals surface area (Å²) in [4.78, 5) is 7.35. The van der Waals surface area contributed by atoms with Crippen LogP contribution in [0.15, 0.2) is 36.4 Å². The van der Waals surface area contributed by atoms with Gasteiger partial charge in [-0.2, -0.15) is 0 Å². The van der Waals surface area contributed by atoms with E-state index in [0.717, 1.165) is 23.4 Å². The van der Waals surface area contributed by atoms with Crippen molar-refractivity contribution in [2.24, 2.45) is 0 Å². The molecule has 0 saturated carbocycles. The molecule has 3 heteroatoms. The largest absolute Gasteiger partial charge is 0.380 e. The Morgan fingerprint density at radius 2 is 1.90 bits per heavy atom. The Balaban J connectivity index is 1.90. The third kappa shape index (κ3) is 2.54. The number of nitrogens with zero attached hydrogens (tertiary/aromatic N) is 1. The first-order chi connectivity index (χ1) is 9.63. The molecule has 0 unspecified atom stereocenters. The molecule has 3 rings (SSSR count). The molecule has 0 radical (unpaired) electrons. The summed E-state index contributed by atoms with van der Waals surface area (Å²) in [6.07, 6.45) is 0. The summed E-state index contributed by atoms with van der Waals surface area (Å²) < 4.78 is 0. The summed E-state index contributed by atoms with van der Waals surface area (Å²) in [6.45, 7) is 7.25. The fraction of sp³-hybridized carbons (Fsp3) is 0.235. The Labute approximate surface area is 123 Å². The molecule has 0 fully saturated rings. The molecule has 2 aromatic heterocycles. The normalized spacial score (nSPS) is 10.9. The van der Waals surface area contributed by atoms with Gasteiger partial charge in [0.2, 0.25) is 0 Å². The molecular formula is C17H18N2S. The molecule has 0 atom stereocenters. The zero-order chi connectivity index (χ0) is 14.1. The highest BCUT2D eigenvalue weighted by atomic mass is 32.1. The Morgan fingerprint density at radius 1 is 1.10 bits per heavy atom. The molecule has 1 aromatic carbocycles. The van der Waals surface area contributed by atoms with Crippen LogP contribution in [0.3, 0.4) is 0 Å². The van der Waals surface area contributed by atoms with Gasteiger partial charge >= 0.3 is 0 Å². The lowest BCUT2D eigenvalue weighted by Gasteiger charge is -2.09. The average Bonchev–Trinajstić information content (AvgIpc) is 2.75. The van der Waals surface area contributed by atoms with E-state index in [2.05, 4.69) is 54.5 Å². The standard InChI is InChI=1S/C17H18N2S/c1-11-8-14(20-13(11)3)10-18-17-9-12(2)19-16-7-5-4-6-15(16)17/h4-9H,10H2,1-3H3,(H,18,19). The summed E-state index contributed by atoms with van der Waals surface area (Å²) in [5.74, 6) is 0. The van der Waals surface area contributed by atoms with Gasteiger partial charge in [-0.3, -0.25) is 4.98 Å². The molecule has 0 bridgehead atoms. The topological polar surface area (TPSA) is 24.9 Å². The van der Waals surface area contributed by atoms with Gasteiger partial charge in [0.15, 0.2) is 0 Å². The van der Waals surface area contributed by atoms with E-state index in [1.165, 1.54) is 20.7 Å². The first-order valence-electron chi connectivity index (χ1n) is 6.79. The van der Waals surface area contributed by atoms with Crippen LogP contribution in [0, 0.1) is 20.8 Å². The van der Waals surface area contributed by atoms with E-state index in [0.29, 0.717) is 0 Å². The van der Waals surface area contributed by atoms with Crippen LogP contribution in [0.2, 0.25) is 0 Å². The fourth-order valence-corrected chi connectivity index (χ4v) is 3.37. The summed E-state index contributed by atoms with van der Waals surface area (Å²) >= 11 is 1.87. The highest BCUT2D eigenvalue weighted by molar-refractivity contribution is 7.12. The Bertz CT molecular complexity index is 739. The first kappa shape index (κ1) is 13.1. The summed E-state index contributed by atoms with van der Waals surface area (Å²) in [7, 11) is 0. The molecular weight excluding hydrogens is 264 g/mol. The maximum atomic E-state index is 4.57. The Hall–Kier alpha value is -1.87. The van der Waals surface area contributed by atoms with Crippen molar-refractivity contribution in [2.45, 2.75) is 27.3 Å². The molecule has 2 nitrogen and oxygen atoms in total. The molecule has 0 spiro atoms. The molecule has 0 saturated heterocycles. The van der Waals surface area contributed by atoms with E-state index >= 15 is 0 Å². The summed E-state index contributed by atoms with van der Waals surface area (Å²) in [5, 5.41) is 4.74. The number of hydrogen-bond donors (Lipinski definition) is 1. The summed E-state index contributed by atoms with van der Waals surface area (Å²) in [5.41, 5.74) is 4.64. The SMILES string of the molecule is Cc1cc(NCc2cc(C)c(C)s2)c2ccccc2n1. The number of benzene rings is 1. The number of thiophene rings is 1. The van der Waals surface area contributed by atoms with Gasteiger partial charge in [-0.25, -0.2) is 0 Å². The number of pyridine rings is 1. The van der Waals surface area contributed by atoms with Crippen LogP contribution in [0.5, 0.6) is 0 Å². The molecule has 2 heterocycles. The van der Waals surface area contributed by atoms with Crippen LogP contribution in [-0.2, 0) is 6.54 Å². The number of hydrogen-bond acceptors (Lipinski definition) is 3. The maximum Gasteiger partial charge on any atom is 0.0725 e. The fourth-order valence-electron chi connectivity index (χ4n) is 2.37. The molecule has 0 aliphatic carbocycles. The molecule has 3 aromatic rings. The van der Waals surface area contributed by atoms with Gasteiger partial charge in [-0.1, -0.05) is 18.2 Å². The van der Waals surface area contributed by atoms with Crippen LogP contribution in [0.4, 0.5) is 5.69 Å². The van der Waals surface area contributed by atoms with Crippen LogP contribution < -0.4 is 5.32 Å². The highest BCUT2D eigenvalue weighted by Crippen LogP contribution is 2.25. The smallest absolute Gasteiger partial charge is 0.0725 e. The number of nitrogens with one attached hydrogen (secondary N) is 1. The predicted molar refractivity (Wildman–Crippen MR) is 87.6 cm³/mol. The van der Waals surface area contributed by atoms with Gasteiger partial charge in [0.25, 0.3) is 0 Å². The van der Waals surface area contributed by atoms with Crippen molar-refractivity contribution >= 4 is 27.9 Å². The molecule has 102 valence electrons. The van der Waals surface area contributed by atoms with E-state index in [-0.39, 0.29) is 0 Å². The molecule has 0 aliphatic heterocycles. The van der Waals surface area contributed by atoms with Crippen molar-refractivity contribution in [3.05, 3.63) is 57.4 Å². The van der Waals surface area contributed by atoms with E-state index in [1.54, 1.807) is 0 Å². The van der Waals surface area contributed by atoms with Crippen LogP contribution >= 0.6 is 11.3 Å². The predicted octanol–water partition coefficient (Wildman–Crippen LogP) is 4.83. The van der Waals surface area contributed by atoms with Gasteiger partial charge in [-0.05, 0) is 44.5 Å². The van der Waals surface area contributed by atoms with Crippen LogP contribution in [0.1, 0.15) is 21.0 Å². The van der Waals surface area contributed by atoms with Crippen molar-refractivity contribution in [3.8, 4) is 0 Å². The average molecular weight is 282 g/mol. The zero-order valence-corrected chi connectivity index (χ0v) is 12.8. The van der Waals surface area contributed by atoms with E-state index in [9.17, 15) is 0 Å². The van der Waals surface area contributed by atoms with Gasteiger partial charge < -0.3 is 5.32 Å². The minimum atomic E-state index is 0.868. The molecule has 1 N–H and O–H groups in total. The number of aromatic nitrogens is 1. The number of para-hydroxylation sites is 1. The summed E-state index contributed by atoms with van der Waals surface area (Å²) in [6, 6.07) is 12.7. The van der Waals surface area contributed by atoms with Gasteiger partial charge in [0.1, 0.15) is 0 Å². The number of aryl methyl sites for hydroxylation is 3. The second kappa shape index (κ2) is 5.25.